The summed E-state index contributed by atoms with van der Waals surface area (Å²) >= 11 is 7.37. The van der Waals surface area contributed by atoms with Gasteiger partial charge in [0.15, 0.2) is 5.13 Å². The third-order valence-electron chi connectivity index (χ3n) is 3.86. The van der Waals surface area contributed by atoms with Gasteiger partial charge in [-0.3, -0.25) is 10.1 Å². The van der Waals surface area contributed by atoms with E-state index >= 15 is 0 Å². The molecule has 136 valence electrons. The predicted molar refractivity (Wildman–Crippen MR) is 103 cm³/mol. The lowest BCUT2D eigenvalue weighted by molar-refractivity contribution is -0.115. The summed E-state index contributed by atoms with van der Waals surface area (Å²) in [6.07, 6.45) is 1.63. The van der Waals surface area contributed by atoms with E-state index in [1.54, 1.807) is 6.33 Å². The van der Waals surface area contributed by atoms with Gasteiger partial charge in [0.1, 0.15) is 12.2 Å². The molecule has 0 spiro atoms. The van der Waals surface area contributed by atoms with Crippen LogP contribution in [0.2, 0.25) is 5.02 Å². The molecule has 0 saturated heterocycles. The van der Waals surface area contributed by atoms with Crippen molar-refractivity contribution in [1.29, 1.82) is 0 Å². The zero-order valence-corrected chi connectivity index (χ0v) is 16.2. The summed E-state index contributed by atoms with van der Waals surface area (Å²) in [7, 11) is 1.87. The molecule has 3 aromatic rings. The molecular formula is C17H19ClN6OS. The van der Waals surface area contributed by atoms with Crippen molar-refractivity contribution in [2.75, 3.05) is 11.9 Å². The lowest BCUT2D eigenvalue weighted by Gasteiger charge is -2.12. The van der Waals surface area contributed by atoms with Crippen molar-refractivity contribution in [2.45, 2.75) is 19.9 Å². The molecule has 1 amide bonds. The summed E-state index contributed by atoms with van der Waals surface area (Å²) in [5, 5.41) is 15.1. The second-order valence-electron chi connectivity index (χ2n) is 5.88. The number of thiazole rings is 1. The quantitative estimate of drug-likeness (QED) is 0.675. The van der Waals surface area contributed by atoms with Gasteiger partial charge in [0, 0.05) is 22.5 Å². The highest BCUT2D eigenvalue weighted by Crippen LogP contribution is 2.30. The van der Waals surface area contributed by atoms with Gasteiger partial charge >= 0.3 is 0 Å². The fourth-order valence-electron chi connectivity index (χ4n) is 2.51. The van der Waals surface area contributed by atoms with Crippen molar-refractivity contribution in [3.63, 3.8) is 0 Å². The largest absolute Gasteiger partial charge is 0.319 e. The van der Waals surface area contributed by atoms with Crippen molar-refractivity contribution in [2.24, 2.45) is 7.05 Å². The number of anilines is 1. The lowest BCUT2D eigenvalue weighted by atomic mass is 10.1. The highest BCUT2D eigenvalue weighted by molar-refractivity contribution is 7.16. The SMILES string of the molecule is Cc1sc(NC(=O)CNC(C)c2nncn2C)nc1-c1ccc(Cl)cc1. The maximum atomic E-state index is 12.2. The summed E-state index contributed by atoms with van der Waals surface area (Å²) < 4.78 is 1.82. The van der Waals surface area contributed by atoms with Gasteiger partial charge in [-0.05, 0) is 26.0 Å². The molecule has 0 radical (unpaired) electrons. The molecule has 7 nitrogen and oxygen atoms in total. The van der Waals surface area contributed by atoms with E-state index in [1.807, 2.05) is 49.7 Å². The van der Waals surface area contributed by atoms with E-state index in [0.29, 0.717) is 10.2 Å². The number of rotatable bonds is 6. The molecule has 2 heterocycles. The van der Waals surface area contributed by atoms with Crippen LogP contribution >= 0.6 is 22.9 Å². The molecule has 1 atom stereocenters. The number of amides is 1. The Morgan fingerprint density at radius 2 is 2.08 bits per heavy atom. The van der Waals surface area contributed by atoms with Crippen LogP contribution in [0, 0.1) is 6.92 Å². The Bertz CT molecular complexity index is 904. The van der Waals surface area contributed by atoms with Gasteiger partial charge in [-0.25, -0.2) is 4.98 Å². The summed E-state index contributed by atoms with van der Waals surface area (Å²) in [5.41, 5.74) is 1.82. The van der Waals surface area contributed by atoms with Gasteiger partial charge < -0.3 is 9.88 Å². The average Bonchev–Trinajstić information content (AvgIpc) is 3.19. The third-order valence-corrected chi connectivity index (χ3v) is 5.00. The molecule has 3 rings (SSSR count). The van der Waals surface area contributed by atoms with E-state index < -0.39 is 0 Å². The first kappa shape index (κ1) is 18.5. The van der Waals surface area contributed by atoms with Crippen LogP contribution in [-0.2, 0) is 11.8 Å². The second kappa shape index (κ2) is 7.94. The van der Waals surface area contributed by atoms with Crippen LogP contribution in [0.25, 0.3) is 11.3 Å². The predicted octanol–water partition coefficient (Wildman–Crippen LogP) is 3.19. The number of benzene rings is 1. The Labute approximate surface area is 160 Å². The summed E-state index contributed by atoms with van der Waals surface area (Å²) in [6, 6.07) is 7.40. The topological polar surface area (TPSA) is 84.7 Å². The average molecular weight is 391 g/mol. The third kappa shape index (κ3) is 4.27. The maximum Gasteiger partial charge on any atom is 0.240 e. The minimum Gasteiger partial charge on any atom is -0.319 e. The Balaban J connectivity index is 1.60. The number of aromatic nitrogens is 4. The van der Waals surface area contributed by atoms with Crippen LogP contribution in [0.5, 0.6) is 0 Å². The van der Waals surface area contributed by atoms with Gasteiger partial charge in [-0.15, -0.1) is 21.5 Å². The molecule has 0 aliphatic carbocycles. The number of hydrogen-bond acceptors (Lipinski definition) is 6. The number of nitrogens with one attached hydrogen (secondary N) is 2. The Morgan fingerprint density at radius 3 is 2.73 bits per heavy atom. The van der Waals surface area contributed by atoms with Gasteiger partial charge in [-0.1, -0.05) is 23.7 Å². The molecule has 0 aliphatic heterocycles. The Hall–Kier alpha value is -2.29. The molecule has 0 aliphatic rings. The first-order valence-electron chi connectivity index (χ1n) is 8.04. The molecule has 0 fully saturated rings. The fourth-order valence-corrected chi connectivity index (χ4v) is 3.49. The zero-order valence-electron chi connectivity index (χ0n) is 14.7. The summed E-state index contributed by atoms with van der Waals surface area (Å²) in [5.74, 6) is 0.614. The number of aryl methyl sites for hydroxylation is 2. The highest BCUT2D eigenvalue weighted by atomic mass is 35.5. The highest BCUT2D eigenvalue weighted by Gasteiger charge is 2.15. The molecule has 0 saturated carbocycles. The van der Waals surface area contributed by atoms with Crippen molar-refractivity contribution in [3.05, 3.63) is 46.3 Å². The molecule has 26 heavy (non-hydrogen) atoms. The van der Waals surface area contributed by atoms with Crippen LogP contribution in [0.3, 0.4) is 0 Å². The number of hydrogen-bond donors (Lipinski definition) is 2. The smallest absolute Gasteiger partial charge is 0.240 e. The fraction of sp³-hybridized carbons (Fsp3) is 0.294. The molecule has 2 N–H and O–H groups in total. The van der Waals surface area contributed by atoms with Crippen LogP contribution in [0.15, 0.2) is 30.6 Å². The van der Waals surface area contributed by atoms with E-state index in [2.05, 4.69) is 25.8 Å². The molecule has 9 heteroatoms. The summed E-state index contributed by atoms with van der Waals surface area (Å²) in [6.45, 7) is 4.07. The zero-order chi connectivity index (χ0) is 18.7. The number of carbonyl (C=O) groups is 1. The number of carbonyl (C=O) groups excluding carboxylic acids is 1. The van der Waals surface area contributed by atoms with Gasteiger partial charge in [0.2, 0.25) is 5.91 Å². The molecule has 1 aromatic carbocycles. The van der Waals surface area contributed by atoms with E-state index in [4.69, 9.17) is 11.6 Å². The van der Waals surface area contributed by atoms with E-state index in [-0.39, 0.29) is 18.5 Å². The standard InChI is InChI=1S/C17H19ClN6OS/c1-10(16-23-20-9-24(16)3)19-8-14(25)21-17-22-15(11(2)26-17)12-4-6-13(18)7-5-12/h4-7,9-10,19H,8H2,1-3H3,(H,21,22,25). The second-order valence-corrected chi connectivity index (χ2v) is 7.52. The van der Waals surface area contributed by atoms with E-state index in [0.717, 1.165) is 22.0 Å². The first-order chi connectivity index (χ1) is 12.4. The van der Waals surface area contributed by atoms with E-state index in [9.17, 15) is 4.79 Å². The van der Waals surface area contributed by atoms with Crippen LogP contribution < -0.4 is 10.6 Å². The molecule has 1 unspecified atom stereocenters. The monoisotopic (exact) mass is 390 g/mol. The summed E-state index contributed by atoms with van der Waals surface area (Å²) in [4.78, 5) is 17.8. The normalized spacial score (nSPS) is 12.2. The minimum absolute atomic E-state index is 0.0871. The van der Waals surface area contributed by atoms with Crippen LogP contribution in [0.4, 0.5) is 5.13 Å². The van der Waals surface area contributed by atoms with E-state index in [1.165, 1.54) is 11.3 Å². The van der Waals surface area contributed by atoms with Crippen molar-refractivity contribution in [1.82, 2.24) is 25.1 Å². The van der Waals surface area contributed by atoms with Crippen molar-refractivity contribution in [3.8, 4) is 11.3 Å². The van der Waals surface area contributed by atoms with Gasteiger partial charge in [0.25, 0.3) is 0 Å². The first-order valence-corrected chi connectivity index (χ1v) is 9.24. The molecular weight excluding hydrogens is 372 g/mol. The number of halogens is 1. The maximum absolute atomic E-state index is 12.2. The molecule has 2 aromatic heterocycles. The molecule has 0 bridgehead atoms. The lowest BCUT2D eigenvalue weighted by Crippen LogP contribution is -2.31. The van der Waals surface area contributed by atoms with Crippen molar-refractivity contribution >= 4 is 34.0 Å². The van der Waals surface area contributed by atoms with Crippen molar-refractivity contribution < 1.29 is 4.79 Å². The van der Waals surface area contributed by atoms with Crippen LogP contribution in [-0.4, -0.2) is 32.2 Å². The van der Waals surface area contributed by atoms with Crippen LogP contribution in [0.1, 0.15) is 23.7 Å². The number of nitrogens with zero attached hydrogens (tertiary/aromatic N) is 4. The van der Waals surface area contributed by atoms with Gasteiger partial charge in [-0.2, -0.15) is 0 Å². The Morgan fingerprint density at radius 1 is 1.35 bits per heavy atom. The van der Waals surface area contributed by atoms with Gasteiger partial charge in [0.05, 0.1) is 18.3 Å². The minimum atomic E-state index is -0.157. The Kier molecular flexibility index (Phi) is 5.65.